The zero-order valence-electron chi connectivity index (χ0n) is 39.3. The number of aliphatic imine (C=N–C) groups is 1. The number of esters is 2. The SMILES string of the molecule is C=CC1=C(C)C(CC2=N/C(=C3/c4[nH]c(Cc5[nH]c(C=O)c(C)c5CCO[C@@H]5O[C@H](CO)[C@@H](O)[C@H](O)[C@H]5O)c(C)c4C(=O)[C@@H]3C(=O)OC)[C@@H](CCC(=O)OC3C(O)C=C(C(=O)O)OC3C(=O)O)[C@@H]2C)NC1=O. The van der Waals surface area contributed by atoms with Crippen LogP contribution < -0.4 is 5.32 Å². The van der Waals surface area contributed by atoms with Crippen LogP contribution in [-0.4, -0.2) is 169 Å². The van der Waals surface area contributed by atoms with Crippen LogP contribution in [0.25, 0.3) is 5.57 Å². The number of fused-ring (bicyclic) bond motifs is 1. The number of Topliss-reactive ketones (excluding diaryl/α,β-unsaturated/α-hetero) is 1. The van der Waals surface area contributed by atoms with Gasteiger partial charge in [0.05, 0.1) is 43.5 Å². The van der Waals surface area contributed by atoms with E-state index < -0.39 is 121 Å². The minimum atomic E-state index is -2.06. The third-order valence-electron chi connectivity index (χ3n) is 14.0. The zero-order chi connectivity index (χ0) is 51.9. The molecule has 10 N–H and O–H groups in total. The molecule has 23 heteroatoms. The van der Waals surface area contributed by atoms with Crippen LogP contribution >= 0.6 is 0 Å². The first-order valence-corrected chi connectivity index (χ1v) is 22.8. The van der Waals surface area contributed by atoms with Crippen molar-refractivity contribution < 1.29 is 93.0 Å². The summed E-state index contributed by atoms with van der Waals surface area (Å²) in [6.07, 6.45) is -10.5. The van der Waals surface area contributed by atoms with Crippen molar-refractivity contribution in [3.05, 3.63) is 86.4 Å². The number of nitrogens with zero attached hydrogens (tertiary/aromatic N) is 1. The lowest BCUT2D eigenvalue weighted by molar-refractivity contribution is -0.300. The molecule has 1 aliphatic carbocycles. The number of aromatic nitrogens is 2. The molecule has 4 unspecified atom stereocenters. The summed E-state index contributed by atoms with van der Waals surface area (Å²) < 4.78 is 26.8. The number of aliphatic carboxylic acids is 2. The topological polar surface area (TPSA) is 363 Å². The molecule has 382 valence electrons. The van der Waals surface area contributed by atoms with Crippen LogP contribution in [0.5, 0.6) is 0 Å². The van der Waals surface area contributed by atoms with Gasteiger partial charge in [-0.3, -0.25) is 29.0 Å². The monoisotopic (exact) mass is 992 g/mol. The van der Waals surface area contributed by atoms with Crippen molar-refractivity contribution in [3.8, 4) is 0 Å². The van der Waals surface area contributed by atoms with Gasteiger partial charge < -0.3 is 74.7 Å². The number of methoxy groups -OCH3 is 1. The van der Waals surface area contributed by atoms with E-state index in [1.54, 1.807) is 20.8 Å². The molecule has 1 saturated heterocycles. The Morgan fingerprint density at radius 2 is 1.70 bits per heavy atom. The maximum absolute atomic E-state index is 14.6. The number of aliphatic hydroxyl groups excluding tert-OH is 5. The second-order valence-corrected chi connectivity index (χ2v) is 18.1. The highest BCUT2D eigenvalue weighted by atomic mass is 16.7. The molecule has 23 nitrogen and oxygen atoms in total. The molecule has 0 saturated carbocycles. The van der Waals surface area contributed by atoms with Gasteiger partial charge in [-0.05, 0) is 62.0 Å². The number of carboxylic acid groups (broad SMARTS) is 2. The Morgan fingerprint density at radius 1 is 0.986 bits per heavy atom. The van der Waals surface area contributed by atoms with Gasteiger partial charge in [0.2, 0.25) is 11.9 Å². The Bertz CT molecular complexity index is 2670. The number of hydrogen-bond acceptors (Lipinski definition) is 18. The van der Waals surface area contributed by atoms with Gasteiger partial charge in [0.1, 0.15) is 36.4 Å². The number of nitrogens with one attached hydrogen (secondary N) is 3. The lowest BCUT2D eigenvalue weighted by atomic mass is 9.82. The van der Waals surface area contributed by atoms with E-state index in [9.17, 15) is 69.3 Å². The number of amides is 1. The minimum absolute atomic E-state index is 0.0675. The van der Waals surface area contributed by atoms with Crippen LogP contribution in [-0.2, 0) is 60.5 Å². The first kappa shape index (κ1) is 52.2. The third kappa shape index (κ3) is 9.77. The second-order valence-electron chi connectivity index (χ2n) is 18.1. The highest BCUT2D eigenvalue weighted by Crippen LogP contribution is 2.49. The lowest BCUT2D eigenvalue weighted by Gasteiger charge is -2.39. The van der Waals surface area contributed by atoms with Crippen molar-refractivity contribution in [1.82, 2.24) is 15.3 Å². The van der Waals surface area contributed by atoms with Gasteiger partial charge in [0.25, 0.3) is 5.91 Å². The summed E-state index contributed by atoms with van der Waals surface area (Å²) in [5.74, 6) is -9.77. The standard InChI is InChI=1S/C48H56N4O19/c1-7-21-17(2)25(52-44(21)61)12-24-19(4)23(8-9-32(56)71-42-29(55)14-30(45(62)63)69-43(42)46(64)65)36(50-24)34-35(47(66)67-6)39(58)33-20(5)26(51-37(33)34)13-27-22(18(3)28(15-53)49-27)10-11-68-48-41(60)40(59)38(57)31(16-54)70-48/h7,14-15,19,23,25,29,31,35,38,40-43,48-49,51,54-55,57,59-60H,1,8-13,16H2,2-6H3,(H,52,61)(H,62,63)(H,64,65)/b36-34+/t19-,23-,25?,29?,31+,35+,38+,40-,41+,42?,43?,48+/m0/s1. The molecular formula is C48H56N4O19. The van der Waals surface area contributed by atoms with E-state index in [1.165, 1.54) is 6.08 Å². The van der Waals surface area contributed by atoms with Crippen molar-refractivity contribution in [3.63, 3.8) is 0 Å². The van der Waals surface area contributed by atoms with Gasteiger partial charge in [0, 0.05) is 64.9 Å². The summed E-state index contributed by atoms with van der Waals surface area (Å²) in [5.41, 5.74) is 5.42. The predicted octanol–water partition coefficient (Wildman–Crippen LogP) is 0.0212. The van der Waals surface area contributed by atoms with Gasteiger partial charge in [-0.25, -0.2) is 9.59 Å². The van der Waals surface area contributed by atoms with Crippen LogP contribution in [0, 0.1) is 31.6 Å². The van der Waals surface area contributed by atoms with Crippen molar-refractivity contribution in [2.24, 2.45) is 22.7 Å². The normalized spacial score (nSPS) is 30.3. The average Bonchev–Trinajstić information content (AvgIpc) is 4.08. The molecule has 1 fully saturated rings. The Hall–Kier alpha value is -6.60. The molecule has 2 aromatic heterocycles. The van der Waals surface area contributed by atoms with Crippen molar-refractivity contribution in [2.75, 3.05) is 20.3 Å². The molecule has 5 aliphatic rings. The first-order chi connectivity index (χ1) is 33.7. The molecule has 0 aromatic carbocycles. The lowest BCUT2D eigenvalue weighted by Crippen LogP contribution is -2.59. The number of hydrogen-bond donors (Lipinski definition) is 10. The Morgan fingerprint density at radius 3 is 2.32 bits per heavy atom. The maximum atomic E-state index is 14.6. The maximum Gasteiger partial charge on any atom is 0.370 e. The van der Waals surface area contributed by atoms with E-state index in [1.807, 2.05) is 6.92 Å². The fourth-order valence-electron chi connectivity index (χ4n) is 10.0. The largest absolute Gasteiger partial charge is 0.478 e. The van der Waals surface area contributed by atoms with E-state index in [4.69, 9.17) is 28.7 Å². The predicted molar refractivity (Wildman–Crippen MR) is 242 cm³/mol. The molecule has 6 heterocycles. The molecular weight excluding hydrogens is 937 g/mol. The van der Waals surface area contributed by atoms with Crippen LogP contribution in [0.2, 0.25) is 0 Å². The quantitative estimate of drug-likeness (QED) is 0.0535. The van der Waals surface area contributed by atoms with E-state index in [0.29, 0.717) is 57.3 Å². The smallest absolute Gasteiger partial charge is 0.370 e. The van der Waals surface area contributed by atoms with E-state index in [-0.39, 0.29) is 66.4 Å². The number of aromatic amines is 2. The number of ether oxygens (including phenoxy) is 5. The Labute approximate surface area is 404 Å². The summed E-state index contributed by atoms with van der Waals surface area (Å²) in [6.45, 7) is 9.97. The molecule has 71 heavy (non-hydrogen) atoms. The molecule has 1 amide bonds. The van der Waals surface area contributed by atoms with Crippen molar-refractivity contribution in [2.45, 2.75) is 115 Å². The third-order valence-corrected chi connectivity index (χ3v) is 14.0. The molecule has 4 aliphatic heterocycles. The van der Waals surface area contributed by atoms with Gasteiger partial charge in [-0.2, -0.15) is 0 Å². The summed E-state index contributed by atoms with van der Waals surface area (Å²) in [4.78, 5) is 102. The number of ketones is 1. The fraction of sp³-hybridized carbons (Fsp3) is 0.500. The van der Waals surface area contributed by atoms with Gasteiger partial charge in [-0.15, -0.1) is 0 Å². The highest BCUT2D eigenvalue weighted by Gasteiger charge is 2.50. The molecule has 12 atom stereocenters. The zero-order valence-corrected chi connectivity index (χ0v) is 39.3. The van der Waals surface area contributed by atoms with E-state index in [0.717, 1.165) is 7.11 Å². The van der Waals surface area contributed by atoms with E-state index >= 15 is 0 Å². The Balaban J connectivity index is 1.24. The van der Waals surface area contributed by atoms with Crippen LogP contribution in [0.4, 0.5) is 0 Å². The summed E-state index contributed by atoms with van der Waals surface area (Å²) >= 11 is 0. The van der Waals surface area contributed by atoms with Gasteiger partial charge in [0.15, 0.2) is 24.5 Å². The van der Waals surface area contributed by atoms with Crippen LogP contribution in [0.1, 0.15) is 87.7 Å². The first-order valence-electron chi connectivity index (χ1n) is 22.8. The fourth-order valence-corrected chi connectivity index (χ4v) is 10.0. The number of H-pyrrole nitrogens is 2. The molecule has 0 bridgehead atoms. The van der Waals surface area contributed by atoms with Gasteiger partial charge >= 0.3 is 23.9 Å². The second kappa shape index (κ2) is 21.0. The number of rotatable bonds is 18. The average molecular weight is 993 g/mol. The van der Waals surface area contributed by atoms with Crippen LogP contribution in [0.15, 0.2) is 46.3 Å². The number of carbonyl (C=O) groups is 7. The number of carbonyl (C=O) groups excluding carboxylic acids is 5. The van der Waals surface area contributed by atoms with E-state index in [2.05, 4.69) is 21.9 Å². The summed E-state index contributed by atoms with van der Waals surface area (Å²) in [6, 6.07) is -0.509. The van der Waals surface area contributed by atoms with Gasteiger partial charge in [-0.1, -0.05) is 19.6 Å². The minimum Gasteiger partial charge on any atom is -0.478 e. The highest BCUT2D eigenvalue weighted by molar-refractivity contribution is 6.24. The molecule has 2 aromatic rings. The number of carboxylic acids is 2. The molecule has 0 radical (unpaired) electrons. The molecule has 7 rings (SSSR count). The molecule has 0 spiro atoms. The summed E-state index contributed by atoms with van der Waals surface area (Å²) in [5, 5.41) is 73.2. The Kier molecular flexibility index (Phi) is 15.5. The summed E-state index contributed by atoms with van der Waals surface area (Å²) in [7, 11) is 1.13. The van der Waals surface area contributed by atoms with Crippen molar-refractivity contribution in [1.29, 1.82) is 0 Å². The number of aldehydes is 1. The van der Waals surface area contributed by atoms with Crippen molar-refractivity contribution >= 4 is 53.1 Å². The number of allylic oxidation sites excluding steroid dienone is 1. The number of aliphatic hydroxyl groups is 5. The van der Waals surface area contributed by atoms with Crippen LogP contribution in [0.3, 0.4) is 0 Å².